The Morgan fingerprint density at radius 3 is 2.12 bits per heavy atom. The lowest BCUT2D eigenvalue weighted by atomic mass is 10.3. The van der Waals surface area contributed by atoms with Gasteiger partial charge in [0.25, 0.3) is 0 Å². The van der Waals surface area contributed by atoms with Crippen LogP contribution in [0.1, 0.15) is 13.8 Å². The van der Waals surface area contributed by atoms with Crippen molar-refractivity contribution in [3.63, 3.8) is 0 Å². The van der Waals surface area contributed by atoms with Gasteiger partial charge in [0.05, 0.1) is 5.69 Å². The van der Waals surface area contributed by atoms with E-state index in [1.807, 2.05) is 18.7 Å². The molecule has 3 nitrogen and oxygen atoms in total. The molecule has 5 heteroatoms. The van der Waals surface area contributed by atoms with Crippen LogP contribution in [0.5, 0.6) is 0 Å². The van der Waals surface area contributed by atoms with Gasteiger partial charge < -0.3 is 10.6 Å². The zero-order valence-electron chi connectivity index (χ0n) is 9.37. The van der Waals surface area contributed by atoms with E-state index in [-0.39, 0.29) is 0 Å². The summed E-state index contributed by atoms with van der Waals surface area (Å²) in [5.41, 5.74) is 6.53. The predicted octanol–water partition coefficient (Wildman–Crippen LogP) is 3.28. The van der Waals surface area contributed by atoms with E-state index in [1.54, 1.807) is 18.2 Å². The minimum absolute atomic E-state index is 0.475. The van der Waals surface area contributed by atoms with Crippen molar-refractivity contribution in [1.29, 1.82) is 0 Å². The van der Waals surface area contributed by atoms with Gasteiger partial charge in [-0.15, -0.1) is 0 Å². The van der Waals surface area contributed by atoms with Crippen molar-refractivity contribution in [3.8, 4) is 0 Å². The Morgan fingerprint density at radius 1 is 1.19 bits per heavy atom. The third-order valence-corrected chi connectivity index (χ3v) is 2.61. The largest absolute Gasteiger partial charge is 0.369 e. The molecule has 0 spiro atoms. The lowest BCUT2D eigenvalue weighted by Gasteiger charge is -2.19. The van der Waals surface area contributed by atoms with Crippen LogP contribution in [0.15, 0.2) is 23.2 Å². The van der Waals surface area contributed by atoms with Crippen LogP contribution in [-0.4, -0.2) is 23.9 Å². The van der Waals surface area contributed by atoms with E-state index in [2.05, 4.69) is 4.99 Å². The molecule has 0 bridgehead atoms. The van der Waals surface area contributed by atoms with Crippen molar-refractivity contribution in [2.24, 2.45) is 10.7 Å². The van der Waals surface area contributed by atoms with Gasteiger partial charge in [0.15, 0.2) is 5.96 Å². The number of nitrogens with two attached hydrogens (primary N) is 1. The number of nitrogens with zero attached hydrogens (tertiary/aromatic N) is 2. The standard InChI is InChI=1S/C11H15Cl2N3/c1-3-16(4-2)11(14)15-10-6-8(12)5-9(13)7-10/h5-7H,3-4H2,1-2H3,(H2,14,15). The van der Waals surface area contributed by atoms with Crippen molar-refractivity contribution in [1.82, 2.24) is 4.90 Å². The van der Waals surface area contributed by atoms with Gasteiger partial charge in [-0.2, -0.15) is 0 Å². The molecule has 1 rings (SSSR count). The highest BCUT2D eigenvalue weighted by atomic mass is 35.5. The molecule has 0 fully saturated rings. The lowest BCUT2D eigenvalue weighted by molar-refractivity contribution is 0.460. The van der Waals surface area contributed by atoms with Crippen molar-refractivity contribution < 1.29 is 0 Å². The third kappa shape index (κ3) is 3.58. The van der Waals surface area contributed by atoms with Crippen molar-refractivity contribution in [3.05, 3.63) is 28.2 Å². The molecule has 16 heavy (non-hydrogen) atoms. The molecule has 0 unspecified atom stereocenters. The van der Waals surface area contributed by atoms with Crippen molar-refractivity contribution in [2.45, 2.75) is 13.8 Å². The first kappa shape index (κ1) is 13.1. The molecule has 0 saturated carbocycles. The summed E-state index contributed by atoms with van der Waals surface area (Å²) in [7, 11) is 0. The van der Waals surface area contributed by atoms with E-state index in [0.29, 0.717) is 21.7 Å². The second-order valence-corrected chi connectivity index (χ2v) is 4.14. The highest BCUT2D eigenvalue weighted by molar-refractivity contribution is 6.35. The summed E-state index contributed by atoms with van der Waals surface area (Å²) >= 11 is 11.7. The minimum atomic E-state index is 0.475. The number of halogens is 2. The number of aliphatic imine (C=N–C) groups is 1. The Morgan fingerprint density at radius 2 is 1.69 bits per heavy atom. The summed E-state index contributed by atoms with van der Waals surface area (Å²) < 4.78 is 0. The number of hydrogen-bond acceptors (Lipinski definition) is 1. The van der Waals surface area contributed by atoms with E-state index < -0.39 is 0 Å². The van der Waals surface area contributed by atoms with Gasteiger partial charge >= 0.3 is 0 Å². The molecule has 0 amide bonds. The molecular weight excluding hydrogens is 245 g/mol. The minimum Gasteiger partial charge on any atom is -0.369 e. The molecule has 0 aliphatic carbocycles. The molecule has 1 aromatic carbocycles. The normalized spacial score (nSPS) is 11.6. The van der Waals surface area contributed by atoms with Gasteiger partial charge in [-0.05, 0) is 32.0 Å². The molecule has 0 aliphatic rings. The van der Waals surface area contributed by atoms with Gasteiger partial charge in [0.1, 0.15) is 0 Å². The fourth-order valence-corrected chi connectivity index (χ4v) is 1.87. The predicted molar refractivity (Wildman–Crippen MR) is 70.7 cm³/mol. The van der Waals surface area contributed by atoms with Gasteiger partial charge in [-0.3, -0.25) is 0 Å². The van der Waals surface area contributed by atoms with E-state index in [4.69, 9.17) is 28.9 Å². The third-order valence-electron chi connectivity index (χ3n) is 2.18. The summed E-state index contributed by atoms with van der Waals surface area (Å²) in [4.78, 5) is 6.23. The average Bonchev–Trinajstić information content (AvgIpc) is 2.17. The van der Waals surface area contributed by atoms with E-state index in [0.717, 1.165) is 13.1 Å². The maximum Gasteiger partial charge on any atom is 0.196 e. The fourth-order valence-electron chi connectivity index (χ4n) is 1.35. The van der Waals surface area contributed by atoms with E-state index >= 15 is 0 Å². The smallest absolute Gasteiger partial charge is 0.196 e. The van der Waals surface area contributed by atoms with Crippen LogP contribution in [0.4, 0.5) is 5.69 Å². The number of hydrogen-bond donors (Lipinski definition) is 1. The van der Waals surface area contributed by atoms with Crippen molar-refractivity contribution >= 4 is 34.8 Å². The average molecular weight is 260 g/mol. The Hall–Kier alpha value is -0.930. The molecule has 88 valence electrons. The Balaban J connectivity index is 2.97. The maximum absolute atomic E-state index is 5.87. The summed E-state index contributed by atoms with van der Waals surface area (Å²) in [5.74, 6) is 0.475. The Kier molecular flexibility index (Phi) is 4.90. The first-order chi connectivity index (χ1) is 7.56. The van der Waals surface area contributed by atoms with Gasteiger partial charge in [0, 0.05) is 23.1 Å². The van der Waals surface area contributed by atoms with Crippen LogP contribution < -0.4 is 5.73 Å². The number of rotatable bonds is 3. The first-order valence-corrected chi connectivity index (χ1v) is 5.87. The second kappa shape index (κ2) is 5.97. The van der Waals surface area contributed by atoms with Gasteiger partial charge in [-0.25, -0.2) is 4.99 Å². The lowest BCUT2D eigenvalue weighted by Crippen LogP contribution is -2.36. The Bertz CT molecular complexity index is 367. The zero-order valence-corrected chi connectivity index (χ0v) is 10.9. The maximum atomic E-state index is 5.87. The molecule has 0 radical (unpaired) electrons. The summed E-state index contributed by atoms with van der Waals surface area (Å²) in [5, 5.41) is 1.11. The Labute approximate surface area is 106 Å². The van der Waals surface area contributed by atoms with Gasteiger partial charge in [-0.1, -0.05) is 23.2 Å². The second-order valence-electron chi connectivity index (χ2n) is 3.27. The molecular formula is C11H15Cl2N3. The topological polar surface area (TPSA) is 41.6 Å². The van der Waals surface area contributed by atoms with Crippen LogP contribution in [0, 0.1) is 0 Å². The van der Waals surface area contributed by atoms with Crippen molar-refractivity contribution in [2.75, 3.05) is 13.1 Å². The monoisotopic (exact) mass is 259 g/mol. The SMILES string of the molecule is CCN(CC)C(N)=Nc1cc(Cl)cc(Cl)c1. The molecule has 0 saturated heterocycles. The highest BCUT2D eigenvalue weighted by Crippen LogP contribution is 2.24. The van der Waals surface area contributed by atoms with Gasteiger partial charge in [0.2, 0.25) is 0 Å². The first-order valence-electron chi connectivity index (χ1n) is 5.12. The summed E-state index contributed by atoms with van der Waals surface area (Å²) in [6.07, 6.45) is 0. The van der Waals surface area contributed by atoms with E-state index in [1.165, 1.54) is 0 Å². The van der Waals surface area contributed by atoms with E-state index in [9.17, 15) is 0 Å². The summed E-state index contributed by atoms with van der Waals surface area (Å²) in [6, 6.07) is 5.11. The van der Waals surface area contributed by atoms with Crippen LogP contribution in [0.25, 0.3) is 0 Å². The van der Waals surface area contributed by atoms with Crippen LogP contribution in [-0.2, 0) is 0 Å². The number of guanidine groups is 1. The number of benzene rings is 1. The van der Waals surface area contributed by atoms with Crippen LogP contribution >= 0.6 is 23.2 Å². The molecule has 1 aromatic rings. The molecule has 0 aliphatic heterocycles. The van der Waals surface area contributed by atoms with Crippen LogP contribution in [0.2, 0.25) is 10.0 Å². The molecule has 0 heterocycles. The zero-order chi connectivity index (χ0) is 12.1. The van der Waals surface area contributed by atoms with Crippen LogP contribution in [0.3, 0.4) is 0 Å². The molecule has 0 aromatic heterocycles. The highest BCUT2D eigenvalue weighted by Gasteiger charge is 2.03. The quantitative estimate of drug-likeness (QED) is 0.669. The fraction of sp³-hybridized carbons (Fsp3) is 0.364. The summed E-state index contributed by atoms with van der Waals surface area (Å²) in [6.45, 7) is 5.69. The molecule has 2 N–H and O–H groups in total. The molecule has 0 atom stereocenters.